The lowest BCUT2D eigenvalue weighted by Gasteiger charge is -2.34. The predicted octanol–water partition coefficient (Wildman–Crippen LogP) is 6.94. The normalized spacial score (nSPS) is 11.5. The number of aromatic hydroxyl groups is 1. The monoisotopic (exact) mass is 422 g/mol. The molecule has 3 rings (SSSR count). The molecule has 0 saturated heterocycles. The van der Waals surface area contributed by atoms with Gasteiger partial charge in [-0.15, -0.1) is 11.3 Å². The Hall–Kier alpha value is -2.59. The summed E-state index contributed by atoms with van der Waals surface area (Å²) in [4.78, 5) is 13.7. The molecule has 158 valence electrons. The van der Waals surface area contributed by atoms with Gasteiger partial charge >= 0.3 is 5.97 Å². The Bertz CT molecular complexity index is 1070. The second kappa shape index (κ2) is 8.65. The van der Waals surface area contributed by atoms with E-state index in [0.29, 0.717) is 10.6 Å². The highest BCUT2D eigenvalue weighted by Crippen LogP contribution is 2.42. The molecule has 1 aromatic heterocycles. The van der Waals surface area contributed by atoms with Crippen LogP contribution in [0.3, 0.4) is 0 Å². The van der Waals surface area contributed by atoms with Crippen molar-refractivity contribution in [1.29, 1.82) is 0 Å². The molecule has 0 unspecified atom stereocenters. The van der Waals surface area contributed by atoms with Crippen molar-refractivity contribution in [3.8, 4) is 16.2 Å². The highest BCUT2D eigenvalue weighted by Gasteiger charge is 2.31. The summed E-state index contributed by atoms with van der Waals surface area (Å²) >= 11 is 1.48. The number of phenolic OH excluding ortho intramolecular Hbond substituents is 1. The number of phenols is 1. The number of methoxy groups -OCH3 is 1. The standard InChI is InChI=1S/C26H30O3S/c1-7-26(8-2,20-10-12-22(27)17(4)14-20)19-9-11-21(16(3)13-19)24-18(5)15-23(30-24)25(28)29-6/h9-15,27H,7-8H2,1-6H3. The minimum Gasteiger partial charge on any atom is -0.508 e. The Labute approximate surface area is 183 Å². The van der Waals surface area contributed by atoms with Gasteiger partial charge in [-0.2, -0.15) is 0 Å². The van der Waals surface area contributed by atoms with Gasteiger partial charge in [0, 0.05) is 10.3 Å². The van der Waals surface area contributed by atoms with Gasteiger partial charge in [-0.05, 0) is 79.1 Å². The number of esters is 1. The maximum atomic E-state index is 11.9. The van der Waals surface area contributed by atoms with Crippen LogP contribution < -0.4 is 0 Å². The minimum atomic E-state index is -0.290. The summed E-state index contributed by atoms with van der Waals surface area (Å²) in [5.74, 6) is 0.0447. The molecule has 0 fully saturated rings. The maximum Gasteiger partial charge on any atom is 0.348 e. The molecule has 0 atom stereocenters. The average Bonchev–Trinajstić information content (AvgIpc) is 3.12. The van der Waals surface area contributed by atoms with Crippen molar-refractivity contribution in [3.05, 3.63) is 75.2 Å². The number of hydrogen-bond acceptors (Lipinski definition) is 4. The van der Waals surface area contributed by atoms with Gasteiger partial charge in [0.1, 0.15) is 10.6 Å². The van der Waals surface area contributed by atoms with Gasteiger partial charge in [-0.1, -0.05) is 44.2 Å². The molecule has 0 radical (unpaired) electrons. The van der Waals surface area contributed by atoms with E-state index >= 15 is 0 Å². The zero-order valence-corrected chi connectivity index (χ0v) is 19.4. The first kappa shape index (κ1) is 22.1. The van der Waals surface area contributed by atoms with Gasteiger partial charge in [0.25, 0.3) is 0 Å². The average molecular weight is 423 g/mol. The Morgan fingerprint density at radius 3 is 2.07 bits per heavy atom. The summed E-state index contributed by atoms with van der Waals surface area (Å²) in [5.41, 5.74) is 6.73. The van der Waals surface area contributed by atoms with Crippen LogP contribution >= 0.6 is 11.3 Å². The van der Waals surface area contributed by atoms with Crippen molar-refractivity contribution < 1.29 is 14.6 Å². The Balaban J connectivity index is 2.09. The number of aryl methyl sites for hydroxylation is 3. The molecule has 0 bridgehead atoms. The van der Waals surface area contributed by atoms with Crippen LogP contribution in [-0.2, 0) is 10.2 Å². The highest BCUT2D eigenvalue weighted by atomic mass is 32.1. The second-order valence-electron chi connectivity index (χ2n) is 7.93. The van der Waals surface area contributed by atoms with E-state index in [-0.39, 0.29) is 11.4 Å². The van der Waals surface area contributed by atoms with Gasteiger partial charge < -0.3 is 9.84 Å². The fourth-order valence-electron chi connectivity index (χ4n) is 4.35. The summed E-state index contributed by atoms with van der Waals surface area (Å²) in [7, 11) is 1.41. The van der Waals surface area contributed by atoms with E-state index in [1.54, 1.807) is 6.07 Å². The lowest BCUT2D eigenvalue weighted by atomic mass is 9.70. The highest BCUT2D eigenvalue weighted by molar-refractivity contribution is 7.17. The molecule has 0 amide bonds. The largest absolute Gasteiger partial charge is 0.508 e. The summed E-state index contributed by atoms with van der Waals surface area (Å²) in [5, 5.41) is 9.99. The minimum absolute atomic E-state index is 0.108. The third kappa shape index (κ3) is 3.77. The van der Waals surface area contributed by atoms with E-state index in [2.05, 4.69) is 45.0 Å². The SMILES string of the molecule is CCC(CC)(c1ccc(O)c(C)c1)c1ccc(-c2sc(C(=O)OC)cc2C)c(C)c1. The van der Waals surface area contributed by atoms with Gasteiger partial charge in [-0.3, -0.25) is 0 Å². The lowest BCUT2D eigenvalue weighted by molar-refractivity contribution is 0.0606. The van der Waals surface area contributed by atoms with Crippen LogP contribution in [0.2, 0.25) is 0 Å². The zero-order valence-electron chi connectivity index (χ0n) is 18.6. The molecule has 0 saturated carbocycles. The number of hydrogen-bond donors (Lipinski definition) is 1. The molecule has 4 heteroatoms. The van der Waals surface area contributed by atoms with Gasteiger partial charge in [0.05, 0.1) is 7.11 Å². The second-order valence-corrected chi connectivity index (χ2v) is 8.99. The van der Waals surface area contributed by atoms with Crippen molar-refractivity contribution in [2.45, 2.75) is 52.9 Å². The summed E-state index contributed by atoms with van der Waals surface area (Å²) in [6.45, 7) is 10.6. The first-order chi connectivity index (χ1) is 14.3. The van der Waals surface area contributed by atoms with E-state index in [4.69, 9.17) is 4.74 Å². The number of thiophene rings is 1. The van der Waals surface area contributed by atoms with Crippen LogP contribution in [0.25, 0.3) is 10.4 Å². The van der Waals surface area contributed by atoms with Crippen LogP contribution in [0, 0.1) is 20.8 Å². The number of ether oxygens (including phenoxy) is 1. The molecular weight excluding hydrogens is 392 g/mol. The van der Waals surface area contributed by atoms with E-state index in [0.717, 1.165) is 34.4 Å². The Kier molecular flexibility index (Phi) is 6.37. The van der Waals surface area contributed by atoms with Gasteiger partial charge in [-0.25, -0.2) is 4.79 Å². The Morgan fingerprint density at radius 2 is 1.53 bits per heavy atom. The third-order valence-corrected chi connectivity index (χ3v) is 7.53. The smallest absolute Gasteiger partial charge is 0.348 e. The molecule has 2 aromatic carbocycles. The van der Waals surface area contributed by atoms with E-state index in [1.165, 1.54) is 35.1 Å². The van der Waals surface area contributed by atoms with Crippen molar-refractivity contribution in [1.82, 2.24) is 0 Å². The number of rotatable bonds is 6. The van der Waals surface area contributed by atoms with E-state index in [9.17, 15) is 9.90 Å². The quantitative estimate of drug-likeness (QED) is 0.438. The molecule has 0 aliphatic rings. The Morgan fingerprint density at radius 1 is 0.933 bits per heavy atom. The predicted molar refractivity (Wildman–Crippen MR) is 125 cm³/mol. The third-order valence-electron chi connectivity index (χ3n) is 6.28. The molecule has 30 heavy (non-hydrogen) atoms. The molecule has 1 heterocycles. The first-order valence-corrected chi connectivity index (χ1v) is 11.2. The maximum absolute atomic E-state index is 11.9. The number of carbonyl (C=O) groups is 1. The summed E-state index contributed by atoms with van der Waals surface area (Å²) < 4.78 is 4.88. The van der Waals surface area contributed by atoms with Crippen LogP contribution in [0.5, 0.6) is 5.75 Å². The van der Waals surface area contributed by atoms with Gasteiger partial charge in [0.15, 0.2) is 0 Å². The fraction of sp³-hybridized carbons (Fsp3) is 0.346. The molecule has 0 spiro atoms. The zero-order chi connectivity index (χ0) is 22.1. The van der Waals surface area contributed by atoms with Crippen LogP contribution in [0.15, 0.2) is 42.5 Å². The molecule has 1 N–H and O–H groups in total. The fourth-order valence-corrected chi connectivity index (χ4v) is 5.53. The number of benzene rings is 2. The molecular formula is C26H30O3S. The molecule has 0 aliphatic carbocycles. The molecule has 3 nitrogen and oxygen atoms in total. The van der Waals surface area contributed by atoms with E-state index in [1.807, 2.05) is 26.0 Å². The van der Waals surface area contributed by atoms with Crippen molar-refractivity contribution in [2.75, 3.05) is 7.11 Å². The van der Waals surface area contributed by atoms with Crippen LogP contribution in [0.1, 0.15) is 64.2 Å². The van der Waals surface area contributed by atoms with Crippen molar-refractivity contribution >= 4 is 17.3 Å². The number of carbonyl (C=O) groups excluding carboxylic acids is 1. The molecule has 3 aromatic rings. The van der Waals surface area contributed by atoms with Crippen LogP contribution in [0.4, 0.5) is 0 Å². The van der Waals surface area contributed by atoms with Crippen molar-refractivity contribution in [2.24, 2.45) is 0 Å². The van der Waals surface area contributed by atoms with Crippen molar-refractivity contribution in [3.63, 3.8) is 0 Å². The summed E-state index contributed by atoms with van der Waals surface area (Å²) in [6.07, 6.45) is 1.94. The first-order valence-electron chi connectivity index (χ1n) is 10.4. The summed E-state index contributed by atoms with van der Waals surface area (Å²) in [6, 6.07) is 14.5. The lowest BCUT2D eigenvalue weighted by Crippen LogP contribution is -2.26. The topological polar surface area (TPSA) is 46.5 Å². The van der Waals surface area contributed by atoms with E-state index < -0.39 is 0 Å². The van der Waals surface area contributed by atoms with Crippen LogP contribution in [-0.4, -0.2) is 18.2 Å². The molecule has 0 aliphatic heterocycles. The van der Waals surface area contributed by atoms with Gasteiger partial charge in [0.2, 0.25) is 0 Å².